The van der Waals surface area contributed by atoms with Crippen molar-refractivity contribution >= 4 is 12.4 Å². The number of benzene rings is 2. The van der Waals surface area contributed by atoms with Crippen LogP contribution in [-0.4, -0.2) is 63.9 Å². The van der Waals surface area contributed by atoms with Gasteiger partial charge in [-0.3, -0.25) is 0 Å². The first-order valence-corrected chi connectivity index (χ1v) is 19.0. The normalized spacial score (nSPS) is 20.9. The molecule has 0 saturated carbocycles. The zero-order valence-electron chi connectivity index (χ0n) is 33.6. The predicted molar refractivity (Wildman–Crippen MR) is 205 cm³/mol. The molecule has 49 heavy (non-hydrogen) atoms. The smallest absolute Gasteiger partial charge is 0.341 e. The summed E-state index contributed by atoms with van der Waals surface area (Å²) >= 11 is 0. The van der Waals surface area contributed by atoms with Crippen molar-refractivity contribution in [2.24, 2.45) is 0 Å². The maximum absolute atomic E-state index is 7.32. The van der Waals surface area contributed by atoms with E-state index in [0.717, 1.165) is 61.4 Å². The highest BCUT2D eigenvalue weighted by Gasteiger charge is 2.83. The Kier molecular flexibility index (Phi) is 9.82. The Labute approximate surface area is 298 Å². The number of rotatable bonds is 11. The van der Waals surface area contributed by atoms with Crippen molar-refractivity contribution in [3.05, 3.63) is 58.1 Å². The Bertz CT molecular complexity index is 1600. The summed E-state index contributed by atoms with van der Waals surface area (Å²) in [5.74, 6) is 1.78. The summed E-state index contributed by atoms with van der Waals surface area (Å²) in [6.07, 6.45) is 9.19. The van der Waals surface area contributed by atoms with Gasteiger partial charge in [0.25, 0.3) is 0 Å². The lowest BCUT2D eigenvalue weighted by molar-refractivity contribution is -0.875. The van der Waals surface area contributed by atoms with Crippen LogP contribution >= 0.6 is 0 Å². The van der Waals surface area contributed by atoms with E-state index in [4.69, 9.17) is 9.47 Å². The standard InChI is InChI=1S/C43H68N4O2/c1-29(2)44-22-16-20-42(15,21-17-23-45-30(3)4)33-18-19-36-31(24-33)27-46-40(11,12)41(13,14)47-28-32-25-34(38(5,6)7)26-35(39(8,9)10)37(32)49-43(46,47)48-36/h18-19,24-30,44-45H,16-17,20-23H2,1-15H3/q+2. The van der Waals surface area contributed by atoms with Crippen molar-refractivity contribution in [2.75, 3.05) is 13.1 Å². The Hall–Kier alpha value is -2.70. The third-order valence-electron chi connectivity index (χ3n) is 11.7. The quantitative estimate of drug-likeness (QED) is 0.185. The first-order chi connectivity index (χ1) is 22.5. The fourth-order valence-electron chi connectivity index (χ4n) is 7.79. The molecule has 1 saturated heterocycles. The Morgan fingerprint density at radius 3 is 1.65 bits per heavy atom. The second-order valence-corrected chi connectivity index (χ2v) is 19.0. The highest BCUT2D eigenvalue weighted by molar-refractivity contribution is 5.84. The van der Waals surface area contributed by atoms with Gasteiger partial charge in [-0.2, -0.15) is 0 Å². The summed E-state index contributed by atoms with van der Waals surface area (Å²) in [4.78, 5) is 0. The Balaban J connectivity index is 1.60. The van der Waals surface area contributed by atoms with Gasteiger partial charge in [0.1, 0.15) is 0 Å². The predicted octanol–water partition coefficient (Wildman–Crippen LogP) is 8.63. The summed E-state index contributed by atoms with van der Waals surface area (Å²) in [6.45, 7) is 36.4. The van der Waals surface area contributed by atoms with Gasteiger partial charge in [-0.1, -0.05) is 97.4 Å². The first kappa shape index (κ1) is 37.6. The lowest BCUT2D eigenvalue weighted by Crippen LogP contribution is -2.61. The molecule has 270 valence electrons. The third kappa shape index (κ3) is 6.86. The lowest BCUT2D eigenvalue weighted by Gasteiger charge is -2.34. The SMILES string of the molecule is CC(C)NCCCC(C)(CCCNC(C)C)c1ccc2c(c1)C=[N+]1C3(O2)Oc2c(cc(C(C)(C)C)cc2C(C)(C)C)C=[N+]3C(C)(C)C1(C)C. The highest BCUT2D eigenvalue weighted by Crippen LogP contribution is 2.51. The minimum Gasteiger partial charge on any atom is -0.341 e. The van der Waals surface area contributed by atoms with Gasteiger partial charge in [0.15, 0.2) is 23.9 Å². The molecular weight excluding hydrogens is 604 g/mol. The number of nitrogens with one attached hydrogen (secondary N) is 2. The largest absolute Gasteiger partial charge is 0.705 e. The molecule has 5 rings (SSSR count). The van der Waals surface area contributed by atoms with Gasteiger partial charge in [-0.15, -0.1) is 0 Å². The van der Waals surface area contributed by atoms with Gasteiger partial charge in [0, 0.05) is 45.3 Å². The van der Waals surface area contributed by atoms with Crippen LogP contribution in [0.4, 0.5) is 0 Å². The van der Waals surface area contributed by atoms with E-state index in [-0.39, 0.29) is 27.3 Å². The van der Waals surface area contributed by atoms with Crippen LogP contribution in [0.25, 0.3) is 0 Å². The summed E-state index contributed by atoms with van der Waals surface area (Å²) < 4.78 is 19.2. The maximum atomic E-state index is 7.32. The van der Waals surface area contributed by atoms with Crippen LogP contribution in [0.5, 0.6) is 11.5 Å². The summed E-state index contributed by atoms with van der Waals surface area (Å²) in [6, 6.07) is 11.5. The van der Waals surface area contributed by atoms with Crippen LogP contribution < -0.4 is 20.1 Å². The van der Waals surface area contributed by atoms with Gasteiger partial charge >= 0.3 is 6.03 Å². The summed E-state index contributed by atoms with van der Waals surface area (Å²) in [5.41, 5.74) is 5.48. The molecule has 0 amide bonds. The van der Waals surface area contributed by atoms with Crippen LogP contribution in [-0.2, 0) is 16.2 Å². The molecule has 1 fully saturated rings. The van der Waals surface area contributed by atoms with E-state index in [1.54, 1.807) is 0 Å². The fourth-order valence-corrected chi connectivity index (χ4v) is 7.79. The van der Waals surface area contributed by atoms with Gasteiger partial charge in [0.05, 0.1) is 11.1 Å². The average molecular weight is 673 g/mol. The number of hydrogen-bond acceptors (Lipinski definition) is 4. The van der Waals surface area contributed by atoms with E-state index in [1.807, 2.05) is 0 Å². The van der Waals surface area contributed by atoms with Crippen molar-refractivity contribution in [1.82, 2.24) is 10.6 Å². The van der Waals surface area contributed by atoms with E-state index >= 15 is 0 Å². The van der Waals surface area contributed by atoms with E-state index in [0.29, 0.717) is 12.1 Å². The molecule has 6 nitrogen and oxygen atoms in total. The molecule has 3 aliphatic rings. The molecule has 1 spiro atoms. The van der Waals surface area contributed by atoms with Crippen molar-refractivity contribution in [1.29, 1.82) is 0 Å². The lowest BCUT2D eigenvalue weighted by atomic mass is 9.74. The monoisotopic (exact) mass is 673 g/mol. The van der Waals surface area contributed by atoms with Gasteiger partial charge in [-0.05, 0) is 84.3 Å². The highest BCUT2D eigenvalue weighted by atomic mass is 16.7. The molecular formula is C43H68N4O2+2. The van der Waals surface area contributed by atoms with Crippen molar-refractivity contribution in [2.45, 2.75) is 175 Å². The molecule has 6 heteroatoms. The van der Waals surface area contributed by atoms with E-state index in [2.05, 4.69) is 166 Å². The second kappa shape index (κ2) is 12.8. The van der Waals surface area contributed by atoms with Crippen LogP contribution in [0, 0.1) is 0 Å². The number of fused-ring (bicyclic) bond motifs is 2. The van der Waals surface area contributed by atoms with Crippen LogP contribution in [0.1, 0.15) is 157 Å². The number of ether oxygens (including phenoxy) is 2. The topological polar surface area (TPSA) is 48.5 Å². The molecule has 3 aliphatic heterocycles. The van der Waals surface area contributed by atoms with E-state index < -0.39 is 6.03 Å². The van der Waals surface area contributed by atoms with Gasteiger partial charge < -0.3 is 20.1 Å². The van der Waals surface area contributed by atoms with Crippen LogP contribution in [0.15, 0.2) is 30.3 Å². The molecule has 1 atom stereocenters. The second-order valence-electron chi connectivity index (χ2n) is 19.0. The fraction of sp³-hybridized carbons (Fsp3) is 0.674. The summed E-state index contributed by atoms with van der Waals surface area (Å²) in [7, 11) is 0. The maximum Gasteiger partial charge on any atom is 0.705 e. The molecule has 1 unspecified atom stereocenters. The number of hydrogen-bond donors (Lipinski definition) is 2. The molecule has 2 aromatic rings. The van der Waals surface area contributed by atoms with Gasteiger partial charge in [-0.25, -0.2) is 0 Å². The number of nitrogens with zero attached hydrogens (tertiary/aromatic N) is 2. The van der Waals surface area contributed by atoms with Crippen LogP contribution in [0.2, 0.25) is 0 Å². The minimum absolute atomic E-state index is 0.0139. The Morgan fingerprint density at radius 1 is 0.653 bits per heavy atom. The van der Waals surface area contributed by atoms with Crippen LogP contribution in [0.3, 0.4) is 0 Å². The molecule has 0 radical (unpaired) electrons. The van der Waals surface area contributed by atoms with Crippen molar-refractivity contribution in [3.63, 3.8) is 0 Å². The molecule has 0 bridgehead atoms. The zero-order chi connectivity index (χ0) is 36.4. The van der Waals surface area contributed by atoms with E-state index in [1.165, 1.54) is 16.7 Å². The third-order valence-corrected chi connectivity index (χ3v) is 11.7. The zero-order valence-corrected chi connectivity index (χ0v) is 33.6. The molecule has 3 heterocycles. The van der Waals surface area contributed by atoms with Crippen molar-refractivity contribution < 1.29 is 18.6 Å². The molecule has 2 aromatic carbocycles. The summed E-state index contributed by atoms with van der Waals surface area (Å²) in [5, 5.41) is 7.27. The van der Waals surface area contributed by atoms with Gasteiger partial charge in [0.2, 0.25) is 11.1 Å². The Morgan fingerprint density at radius 2 is 1.16 bits per heavy atom. The van der Waals surface area contributed by atoms with Crippen molar-refractivity contribution in [3.8, 4) is 11.5 Å². The first-order valence-electron chi connectivity index (χ1n) is 19.0. The molecule has 2 N–H and O–H groups in total. The molecule has 0 aliphatic carbocycles. The van der Waals surface area contributed by atoms with E-state index in [9.17, 15) is 0 Å². The average Bonchev–Trinajstić information content (AvgIpc) is 3.11. The minimum atomic E-state index is -1.13. The molecule has 0 aromatic heterocycles.